The summed E-state index contributed by atoms with van der Waals surface area (Å²) in [7, 11) is 1.35. The predicted octanol–water partition coefficient (Wildman–Crippen LogP) is 2.84. The first-order chi connectivity index (χ1) is 10.7. The minimum absolute atomic E-state index is 0.0655. The van der Waals surface area contributed by atoms with E-state index in [0.717, 1.165) is 11.3 Å². The molecular formula is C16H15NO4S. The lowest BCUT2D eigenvalue weighted by Gasteiger charge is -2.23. The van der Waals surface area contributed by atoms with Gasteiger partial charge in [0, 0.05) is 0 Å². The first-order valence-corrected chi connectivity index (χ1v) is 7.85. The van der Waals surface area contributed by atoms with Crippen LogP contribution in [0.3, 0.4) is 0 Å². The van der Waals surface area contributed by atoms with Crippen LogP contribution in [-0.4, -0.2) is 29.6 Å². The summed E-state index contributed by atoms with van der Waals surface area (Å²) in [5.41, 5.74) is 1.48. The summed E-state index contributed by atoms with van der Waals surface area (Å²) in [5, 5.41) is -0.0655. The molecule has 0 radical (unpaired) electrons. The van der Waals surface area contributed by atoms with E-state index >= 15 is 0 Å². The van der Waals surface area contributed by atoms with Crippen LogP contribution < -0.4 is 0 Å². The van der Waals surface area contributed by atoms with Gasteiger partial charge in [-0.3, -0.25) is 4.79 Å². The maximum absolute atomic E-state index is 12.1. The fourth-order valence-electron chi connectivity index (χ4n) is 2.37. The minimum Gasteiger partial charge on any atom is -0.467 e. The number of hydrogen-bond acceptors (Lipinski definition) is 5. The molecule has 1 saturated heterocycles. The molecule has 1 aliphatic heterocycles. The summed E-state index contributed by atoms with van der Waals surface area (Å²) < 4.78 is 10.0. The standard InChI is InChI=1S/C16H15NO4S/c1-20-16(19)12-6-4-11(5-7-12)15-17(14(18)10-22-15)9-13-3-2-8-21-13/h2-8,15H,9-10H2,1H3/t15-/m1/s1. The van der Waals surface area contributed by atoms with Gasteiger partial charge in [0.2, 0.25) is 5.91 Å². The van der Waals surface area contributed by atoms with Crippen LogP contribution in [-0.2, 0) is 16.1 Å². The zero-order chi connectivity index (χ0) is 15.5. The van der Waals surface area contributed by atoms with Crippen LogP contribution in [0.1, 0.15) is 27.1 Å². The molecule has 3 rings (SSSR count). The highest BCUT2D eigenvalue weighted by atomic mass is 32.2. The van der Waals surface area contributed by atoms with Crippen molar-refractivity contribution < 1.29 is 18.7 Å². The number of methoxy groups -OCH3 is 1. The minimum atomic E-state index is -0.367. The first-order valence-electron chi connectivity index (χ1n) is 6.81. The Hall–Kier alpha value is -2.21. The van der Waals surface area contributed by atoms with Gasteiger partial charge in [-0.2, -0.15) is 0 Å². The second-order valence-electron chi connectivity index (χ2n) is 4.88. The first kappa shape index (κ1) is 14.7. The molecule has 1 aliphatic rings. The summed E-state index contributed by atoms with van der Waals surface area (Å²) in [6, 6.07) is 10.8. The molecule has 0 aliphatic carbocycles. The molecule has 0 spiro atoms. The number of carbonyl (C=O) groups excluding carboxylic acids is 2. The van der Waals surface area contributed by atoms with Gasteiger partial charge in [-0.05, 0) is 29.8 Å². The molecule has 0 saturated carbocycles. The van der Waals surface area contributed by atoms with Crippen molar-refractivity contribution in [1.82, 2.24) is 4.90 Å². The van der Waals surface area contributed by atoms with E-state index in [0.29, 0.717) is 17.9 Å². The molecule has 114 valence electrons. The lowest BCUT2D eigenvalue weighted by Crippen LogP contribution is -2.27. The van der Waals surface area contributed by atoms with Crippen molar-refractivity contribution in [2.45, 2.75) is 11.9 Å². The highest BCUT2D eigenvalue weighted by Crippen LogP contribution is 2.39. The second-order valence-corrected chi connectivity index (χ2v) is 5.95. The van der Waals surface area contributed by atoms with Gasteiger partial charge in [-0.15, -0.1) is 11.8 Å². The molecule has 0 bridgehead atoms. The number of carbonyl (C=O) groups is 2. The normalized spacial score (nSPS) is 17.8. The Morgan fingerprint density at radius 1 is 1.36 bits per heavy atom. The van der Waals surface area contributed by atoms with E-state index in [4.69, 9.17) is 4.42 Å². The van der Waals surface area contributed by atoms with Crippen molar-refractivity contribution in [2.24, 2.45) is 0 Å². The third kappa shape index (κ3) is 2.87. The summed E-state index contributed by atoms with van der Waals surface area (Å²) in [6.07, 6.45) is 1.60. The van der Waals surface area contributed by atoms with E-state index in [1.807, 2.05) is 24.3 Å². The Bertz CT molecular complexity index is 666. The summed E-state index contributed by atoms with van der Waals surface area (Å²) in [6.45, 7) is 0.447. The van der Waals surface area contributed by atoms with Gasteiger partial charge in [0.1, 0.15) is 11.1 Å². The van der Waals surface area contributed by atoms with Crippen LogP contribution in [0.25, 0.3) is 0 Å². The van der Waals surface area contributed by atoms with Gasteiger partial charge in [0.15, 0.2) is 0 Å². The fourth-order valence-corrected chi connectivity index (χ4v) is 3.56. The molecule has 1 aromatic carbocycles. The van der Waals surface area contributed by atoms with Crippen molar-refractivity contribution in [3.8, 4) is 0 Å². The average molecular weight is 317 g/mol. The van der Waals surface area contributed by atoms with Crippen LogP contribution in [0, 0.1) is 0 Å². The molecular weight excluding hydrogens is 302 g/mol. The third-order valence-electron chi connectivity index (χ3n) is 3.49. The molecule has 1 atom stereocenters. The topological polar surface area (TPSA) is 59.8 Å². The zero-order valence-corrected chi connectivity index (χ0v) is 12.8. The number of amides is 1. The molecule has 0 N–H and O–H groups in total. The number of furan rings is 1. The van der Waals surface area contributed by atoms with E-state index in [9.17, 15) is 9.59 Å². The van der Waals surface area contributed by atoms with Crippen LogP contribution in [0.5, 0.6) is 0 Å². The van der Waals surface area contributed by atoms with Crippen LogP contribution in [0.4, 0.5) is 0 Å². The van der Waals surface area contributed by atoms with E-state index in [1.165, 1.54) is 7.11 Å². The van der Waals surface area contributed by atoms with Crippen molar-refractivity contribution in [1.29, 1.82) is 0 Å². The number of hydrogen-bond donors (Lipinski definition) is 0. The smallest absolute Gasteiger partial charge is 0.337 e. The van der Waals surface area contributed by atoms with Crippen molar-refractivity contribution in [3.05, 3.63) is 59.5 Å². The SMILES string of the molecule is COC(=O)c1ccc([C@H]2SCC(=O)N2Cc2ccco2)cc1. The zero-order valence-electron chi connectivity index (χ0n) is 12.0. The maximum Gasteiger partial charge on any atom is 0.337 e. The molecule has 5 nitrogen and oxygen atoms in total. The van der Waals surface area contributed by atoms with Gasteiger partial charge in [0.25, 0.3) is 0 Å². The van der Waals surface area contributed by atoms with Gasteiger partial charge in [0.05, 0.1) is 31.2 Å². The fraction of sp³-hybridized carbons (Fsp3) is 0.250. The van der Waals surface area contributed by atoms with E-state index in [1.54, 1.807) is 35.1 Å². The van der Waals surface area contributed by atoms with Crippen LogP contribution in [0.15, 0.2) is 47.1 Å². The monoisotopic (exact) mass is 317 g/mol. The summed E-state index contributed by atoms with van der Waals surface area (Å²) in [4.78, 5) is 25.4. The second kappa shape index (κ2) is 6.27. The van der Waals surface area contributed by atoms with Gasteiger partial charge >= 0.3 is 5.97 Å². The number of nitrogens with zero attached hydrogens (tertiary/aromatic N) is 1. The molecule has 2 aromatic rings. The molecule has 22 heavy (non-hydrogen) atoms. The molecule has 2 heterocycles. The Balaban J connectivity index is 1.80. The Kier molecular flexibility index (Phi) is 4.20. The van der Waals surface area contributed by atoms with Gasteiger partial charge < -0.3 is 14.1 Å². The molecule has 0 unspecified atom stereocenters. The lowest BCUT2D eigenvalue weighted by molar-refractivity contribution is -0.128. The van der Waals surface area contributed by atoms with Crippen molar-refractivity contribution in [2.75, 3.05) is 12.9 Å². The number of thioether (sulfide) groups is 1. The van der Waals surface area contributed by atoms with Crippen molar-refractivity contribution in [3.63, 3.8) is 0 Å². The van der Waals surface area contributed by atoms with Crippen LogP contribution >= 0.6 is 11.8 Å². The van der Waals surface area contributed by atoms with Crippen LogP contribution in [0.2, 0.25) is 0 Å². The molecule has 1 amide bonds. The number of ether oxygens (including phenoxy) is 1. The number of esters is 1. The predicted molar refractivity (Wildman–Crippen MR) is 82.2 cm³/mol. The van der Waals surface area contributed by atoms with E-state index < -0.39 is 0 Å². The molecule has 1 aromatic heterocycles. The number of rotatable bonds is 4. The molecule has 1 fully saturated rings. The molecule has 6 heteroatoms. The maximum atomic E-state index is 12.1. The quantitative estimate of drug-likeness (QED) is 0.812. The average Bonchev–Trinajstić information content (AvgIpc) is 3.18. The lowest BCUT2D eigenvalue weighted by atomic mass is 10.1. The highest BCUT2D eigenvalue weighted by Gasteiger charge is 2.33. The largest absolute Gasteiger partial charge is 0.467 e. The Morgan fingerprint density at radius 3 is 2.77 bits per heavy atom. The van der Waals surface area contributed by atoms with Gasteiger partial charge in [-0.1, -0.05) is 12.1 Å². The number of benzene rings is 1. The van der Waals surface area contributed by atoms with Gasteiger partial charge in [-0.25, -0.2) is 4.79 Å². The third-order valence-corrected chi connectivity index (χ3v) is 4.75. The van der Waals surface area contributed by atoms with Crippen molar-refractivity contribution >= 4 is 23.6 Å². The Morgan fingerprint density at radius 2 is 2.14 bits per heavy atom. The Labute approximate surface area is 132 Å². The van der Waals surface area contributed by atoms with E-state index in [-0.39, 0.29) is 17.3 Å². The summed E-state index contributed by atoms with van der Waals surface area (Å²) in [5.74, 6) is 0.925. The highest BCUT2D eigenvalue weighted by molar-refractivity contribution is 8.00. The van der Waals surface area contributed by atoms with E-state index in [2.05, 4.69) is 4.74 Å². The summed E-state index contributed by atoms with van der Waals surface area (Å²) >= 11 is 1.57.